The summed E-state index contributed by atoms with van der Waals surface area (Å²) in [7, 11) is 0. The lowest BCUT2D eigenvalue weighted by molar-refractivity contribution is -0.133. The lowest BCUT2D eigenvalue weighted by atomic mass is 10.2. The van der Waals surface area contributed by atoms with E-state index in [-0.39, 0.29) is 24.5 Å². The molecule has 1 aromatic heterocycles. The van der Waals surface area contributed by atoms with E-state index in [1.165, 1.54) is 5.56 Å². The van der Waals surface area contributed by atoms with E-state index < -0.39 is 0 Å². The maximum absolute atomic E-state index is 13.4. The summed E-state index contributed by atoms with van der Waals surface area (Å²) in [5.41, 5.74) is 2.81. The molecule has 1 heterocycles. The number of urea groups is 1. The van der Waals surface area contributed by atoms with Gasteiger partial charge in [-0.25, -0.2) is 4.79 Å². The monoisotopic (exact) mass is 469 g/mol. The minimum atomic E-state index is -0.331. The third-order valence-electron chi connectivity index (χ3n) is 5.14. The predicted octanol–water partition coefficient (Wildman–Crippen LogP) is 6.18. The Bertz CT molecular complexity index is 1050. The molecule has 3 amide bonds. The van der Waals surface area contributed by atoms with Crippen LogP contribution >= 0.6 is 22.9 Å². The molecule has 0 aliphatic carbocycles. The Balaban J connectivity index is 1.76. The Hall–Kier alpha value is -2.83. The van der Waals surface area contributed by atoms with Crippen LogP contribution in [0.4, 0.5) is 10.5 Å². The van der Waals surface area contributed by atoms with Gasteiger partial charge in [0.1, 0.15) is 6.54 Å². The summed E-state index contributed by atoms with van der Waals surface area (Å²) in [4.78, 5) is 30.9. The molecule has 2 aromatic carbocycles. The van der Waals surface area contributed by atoms with Gasteiger partial charge in [-0.05, 0) is 61.5 Å². The first kappa shape index (κ1) is 23.8. The SMILES string of the molecule is Cc1ccsc1CN(Cc1ccccc1)C(=O)CN(C(=O)Nc1cccc(Cl)c1)C(C)C. The second-order valence-electron chi connectivity index (χ2n) is 7.92. The maximum Gasteiger partial charge on any atom is 0.322 e. The first-order chi connectivity index (χ1) is 15.3. The Kier molecular flexibility index (Phi) is 8.31. The van der Waals surface area contributed by atoms with Crippen molar-refractivity contribution in [2.75, 3.05) is 11.9 Å². The van der Waals surface area contributed by atoms with E-state index in [2.05, 4.69) is 18.3 Å². The quantitative estimate of drug-likeness (QED) is 0.428. The smallest absolute Gasteiger partial charge is 0.322 e. The molecule has 5 nitrogen and oxygen atoms in total. The predicted molar refractivity (Wildman–Crippen MR) is 132 cm³/mol. The number of hydrogen-bond acceptors (Lipinski definition) is 3. The van der Waals surface area contributed by atoms with E-state index in [9.17, 15) is 9.59 Å². The van der Waals surface area contributed by atoms with E-state index in [0.717, 1.165) is 10.4 Å². The van der Waals surface area contributed by atoms with Crippen LogP contribution in [0.15, 0.2) is 66.0 Å². The van der Waals surface area contributed by atoms with Gasteiger partial charge >= 0.3 is 6.03 Å². The largest absolute Gasteiger partial charge is 0.332 e. The van der Waals surface area contributed by atoms with Crippen LogP contribution in [0.2, 0.25) is 5.02 Å². The Morgan fingerprint density at radius 1 is 1.03 bits per heavy atom. The van der Waals surface area contributed by atoms with Crippen molar-refractivity contribution < 1.29 is 9.59 Å². The molecule has 0 bridgehead atoms. The van der Waals surface area contributed by atoms with Crippen molar-refractivity contribution in [3.8, 4) is 0 Å². The second kappa shape index (κ2) is 11.2. The number of carbonyl (C=O) groups excluding carboxylic acids is 2. The molecule has 0 saturated heterocycles. The second-order valence-corrected chi connectivity index (χ2v) is 9.36. The molecule has 0 atom stereocenters. The van der Waals surface area contributed by atoms with Crippen molar-refractivity contribution in [2.45, 2.75) is 39.9 Å². The highest BCUT2D eigenvalue weighted by atomic mass is 35.5. The van der Waals surface area contributed by atoms with Gasteiger partial charge in [-0.3, -0.25) is 4.79 Å². The van der Waals surface area contributed by atoms with E-state index >= 15 is 0 Å². The Labute approximate surface area is 198 Å². The van der Waals surface area contributed by atoms with Gasteiger partial charge in [-0.2, -0.15) is 0 Å². The summed E-state index contributed by atoms with van der Waals surface area (Å²) in [5.74, 6) is -0.100. The molecule has 0 aliphatic heterocycles. The third-order valence-corrected chi connectivity index (χ3v) is 6.38. The number of benzene rings is 2. The number of amides is 3. The summed E-state index contributed by atoms with van der Waals surface area (Å²) in [5, 5.41) is 5.42. The van der Waals surface area contributed by atoms with Gasteiger partial charge in [0, 0.05) is 28.2 Å². The molecule has 3 rings (SSSR count). The summed E-state index contributed by atoms with van der Waals surface area (Å²) < 4.78 is 0. The van der Waals surface area contributed by atoms with Gasteiger partial charge in [0.25, 0.3) is 0 Å². The van der Waals surface area contributed by atoms with E-state index in [0.29, 0.717) is 23.8 Å². The van der Waals surface area contributed by atoms with E-state index in [1.807, 2.05) is 54.5 Å². The van der Waals surface area contributed by atoms with Crippen LogP contribution in [0, 0.1) is 6.92 Å². The number of thiophene rings is 1. The summed E-state index contributed by atoms with van der Waals surface area (Å²) in [6.07, 6.45) is 0. The van der Waals surface area contributed by atoms with Crippen molar-refractivity contribution in [1.82, 2.24) is 9.80 Å². The minimum absolute atomic E-state index is 0.0126. The van der Waals surface area contributed by atoms with Crippen molar-refractivity contribution in [2.24, 2.45) is 0 Å². The van der Waals surface area contributed by atoms with Gasteiger partial charge in [-0.1, -0.05) is 48.0 Å². The summed E-state index contributed by atoms with van der Waals surface area (Å²) in [6.45, 7) is 6.83. The zero-order valence-electron chi connectivity index (χ0n) is 18.5. The number of nitrogens with one attached hydrogen (secondary N) is 1. The maximum atomic E-state index is 13.4. The lowest BCUT2D eigenvalue weighted by Gasteiger charge is -2.30. The number of carbonyl (C=O) groups is 2. The van der Waals surface area contributed by atoms with Crippen LogP contribution in [-0.4, -0.2) is 34.3 Å². The number of anilines is 1. The standard InChI is InChI=1S/C25H28ClN3O2S/c1-18(2)29(25(31)27-22-11-7-10-21(26)14-22)17-24(30)28(15-20-8-5-4-6-9-20)16-23-19(3)12-13-32-23/h4-14,18H,15-17H2,1-3H3,(H,27,31). The summed E-state index contributed by atoms with van der Waals surface area (Å²) in [6, 6.07) is 18.4. The van der Waals surface area contributed by atoms with Crippen LogP contribution in [0.3, 0.4) is 0 Å². The highest BCUT2D eigenvalue weighted by molar-refractivity contribution is 7.10. The first-order valence-electron chi connectivity index (χ1n) is 10.5. The van der Waals surface area contributed by atoms with Crippen LogP contribution in [0.25, 0.3) is 0 Å². The highest BCUT2D eigenvalue weighted by Gasteiger charge is 2.24. The average Bonchev–Trinajstić information content (AvgIpc) is 3.16. The van der Waals surface area contributed by atoms with Crippen molar-refractivity contribution >= 4 is 40.6 Å². The third kappa shape index (κ3) is 6.58. The fraction of sp³-hybridized carbons (Fsp3) is 0.280. The average molecular weight is 470 g/mol. The number of halogens is 1. The Morgan fingerprint density at radius 2 is 1.78 bits per heavy atom. The molecule has 3 aromatic rings. The molecule has 32 heavy (non-hydrogen) atoms. The van der Waals surface area contributed by atoms with E-state index in [4.69, 9.17) is 11.6 Å². The molecule has 0 spiro atoms. The van der Waals surface area contributed by atoms with Gasteiger partial charge in [0.15, 0.2) is 0 Å². The van der Waals surface area contributed by atoms with Crippen molar-refractivity contribution in [1.29, 1.82) is 0 Å². The lowest BCUT2D eigenvalue weighted by Crippen LogP contribution is -2.47. The van der Waals surface area contributed by atoms with Gasteiger partial charge in [-0.15, -0.1) is 11.3 Å². The zero-order chi connectivity index (χ0) is 23.1. The number of rotatable bonds is 8. The fourth-order valence-corrected chi connectivity index (χ4v) is 4.38. The van der Waals surface area contributed by atoms with Crippen LogP contribution in [0.1, 0.15) is 29.9 Å². The number of aryl methyl sites for hydroxylation is 1. The van der Waals surface area contributed by atoms with Gasteiger partial charge < -0.3 is 15.1 Å². The van der Waals surface area contributed by atoms with Crippen LogP contribution < -0.4 is 5.32 Å². The van der Waals surface area contributed by atoms with Crippen molar-refractivity contribution in [3.05, 3.63) is 87.1 Å². The van der Waals surface area contributed by atoms with Crippen molar-refractivity contribution in [3.63, 3.8) is 0 Å². The van der Waals surface area contributed by atoms with Crippen LogP contribution in [-0.2, 0) is 17.9 Å². The molecule has 168 valence electrons. The van der Waals surface area contributed by atoms with Crippen LogP contribution in [0.5, 0.6) is 0 Å². The Morgan fingerprint density at radius 3 is 2.41 bits per heavy atom. The first-order valence-corrected chi connectivity index (χ1v) is 11.8. The molecule has 0 saturated carbocycles. The molecule has 7 heteroatoms. The normalized spacial score (nSPS) is 10.8. The fourth-order valence-electron chi connectivity index (χ4n) is 3.27. The molecular weight excluding hydrogens is 442 g/mol. The number of hydrogen-bond donors (Lipinski definition) is 1. The van der Waals surface area contributed by atoms with E-state index in [1.54, 1.807) is 40.5 Å². The van der Waals surface area contributed by atoms with Gasteiger partial charge in [0.2, 0.25) is 5.91 Å². The highest BCUT2D eigenvalue weighted by Crippen LogP contribution is 2.20. The minimum Gasteiger partial charge on any atom is -0.332 e. The molecular formula is C25H28ClN3O2S. The van der Waals surface area contributed by atoms with Gasteiger partial charge in [0.05, 0.1) is 6.54 Å². The molecule has 0 radical (unpaired) electrons. The molecule has 1 N–H and O–H groups in total. The molecule has 0 fully saturated rings. The molecule has 0 aliphatic rings. The number of nitrogens with zero attached hydrogens (tertiary/aromatic N) is 2. The molecule has 0 unspecified atom stereocenters. The summed E-state index contributed by atoms with van der Waals surface area (Å²) >= 11 is 7.67. The zero-order valence-corrected chi connectivity index (χ0v) is 20.1. The topological polar surface area (TPSA) is 52.7 Å².